The third-order valence-electron chi connectivity index (χ3n) is 4.22. The summed E-state index contributed by atoms with van der Waals surface area (Å²) in [6.07, 6.45) is 8.25. The average molecular weight is 266 g/mol. The van der Waals surface area contributed by atoms with E-state index in [0.29, 0.717) is 12.1 Å². The van der Waals surface area contributed by atoms with Gasteiger partial charge >= 0.3 is 0 Å². The summed E-state index contributed by atoms with van der Waals surface area (Å²) in [5.41, 5.74) is 7.63. The van der Waals surface area contributed by atoms with E-state index in [1.54, 1.807) is 11.3 Å². The maximum atomic E-state index is 6.24. The fourth-order valence-electron chi connectivity index (χ4n) is 3.25. The molecule has 0 amide bonds. The lowest BCUT2D eigenvalue weighted by Gasteiger charge is -2.36. The summed E-state index contributed by atoms with van der Waals surface area (Å²) in [6, 6.07) is 3.50. The Labute approximate surface area is 115 Å². The Morgan fingerprint density at radius 3 is 2.44 bits per heavy atom. The van der Waals surface area contributed by atoms with E-state index in [9.17, 15) is 0 Å². The maximum absolute atomic E-state index is 6.24. The molecule has 1 fully saturated rings. The Bertz CT molecular complexity index is 326. The van der Waals surface area contributed by atoms with Crippen LogP contribution in [0.15, 0.2) is 16.8 Å². The van der Waals surface area contributed by atoms with E-state index in [4.69, 9.17) is 5.73 Å². The van der Waals surface area contributed by atoms with Crippen molar-refractivity contribution in [1.82, 2.24) is 4.90 Å². The molecule has 0 bridgehead atoms. The summed E-state index contributed by atoms with van der Waals surface area (Å²) in [5, 5.41) is 4.41. The van der Waals surface area contributed by atoms with Gasteiger partial charge in [-0.25, -0.2) is 0 Å². The summed E-state index contributed by atoms with van der Waals surface area (Å²) < 4.78 is 0. The number of hydrogen-bond donors (Lipinski definition) is 1. The number of likely N-dealkylation sites (N-methyl/N-ethyl adjacent to an activating group) is 1. The highest BCUT2D eigenvalue weighted by Gasteiger charge is 2.27. The third-order valence-corrected chi connectivity index (χ3v) is 4.92. The van der Waals surface area contributed by atoms with Gasteiger partial charge in [-0.1, -0.05) is 25.7 Å². The highest BCUT2D eigenvalue weighted by Crippen LogP contribution is 2.30. The molecule has 2 rings (SSSR count). The Balaban J connectivity index is 2.10. The topological polar surface area (TPSA) is 29.3 Å². The van der Waals surface area contributed by atoms with Gasteiger partial charge in [0.05, 0.1) is 6.04 Å². The van der Waals surface area contributed by atoms with Crippen molar-refractivity contribution >= 4 is 11.3 Å². The number of hydrogen-bond acceptors (Lipinski definition) is 3. The van der Waals surface area contributed by atoms with E-state index < -0.39 is 0 Å². The first-order chi connectivity index (χ1) is 8.70. The van der Waals surface area contributed by atoms with Crippen LogP contribution in [-0.4, -0.2) is 24.0 Å². The Kier molecular flexibility index (Phi) is 5.22. The van der Waals surface area contributed by atoms with Crippen molar-refractivity contribution < 1.29 is 0 Å². The molecule has 2 unspecified atom stereocenters. The van der Waals surface area contributed by atoms with E-state index in [1.165, 1.54) is 44.1 Å². The van der Waals surface area contributed by atoms with Gasteiger partial charge in [-0.05, 0) is 49.2 Å². The van der Waals surface area contributed by atoms with Crippen molar-refractivity contribution in [2.24, 2.45) is 5.73 Å². The summed E-state index contributed by atoms with van der Waals surface area (Å²) in [4.78, 5) is 2.54. The molecule has 2 nitrogen and oxygen atoms in total. The molecule has 1 aromatic rings. The molecule has 1 aliphatic rings. The molecule has 2 atom stereocenters. The number of thiophene rings is 1. The van der Waals surface area contributed by atoms with Crippen molar-refractivity contribution in [1.29, 1.82) is 0 Å². The minimum absolute atomic E-state index is 0.188. The van der Waals surface area contributed by atoms with E-state index >= 15 is 0 Å². The highest BCUT2D eigenvalue weighted by molar-refractivity contribution is 7.07. The molecular weight excluding hydrogens is 240 g/mol. The highest BCUT2D eigenvalue weighted by atomic mass is 32.1. The maximum Gasteiger partial charge on any atom is 0.0504 e. The van der Waals surface area contributed by atoms with E-state index in [-0.39, 0.29) is 6.04 Å². The standard InChI is InChI=1S/C15H26N2S/c1-12(16)15(13-9-10-18-11-13)17(2)14-7-5-3-4-6-8-14/h9-12,14-15H,3-8,16H2,1-2H3. The Morgan fingerprint density at radius 1 is 1.28 bits per heavy atom. The SMILES string of the molecule is CC(N)C(c1ccsc1)N(C)C1CCCCCC1. The van der Waals surface area contributed by atoms with Gasteiger partial charge in [-0.3, -0.25) is 4.90 Å². The van der Waals surface area contributed by atoms with Crippen molar-refractivity contribution in [2.75, 3.05) is 7.05 Å². The van der Waals surface area contributed by atoms with Gasteiger partial charge in [0.15, 0.2) is 0 Å². The molecule has 0 saturated heterocycles. The second-order valence-corrected chi connectivity index (χ2v) is 6.45. The van der Waals surface area contributed by atoms with Gasteiger partial charge in [0.2, 0.25) is 0 Å². The summed E-state index contributed by atoms with van der Waals surface area (Å²) >= 11 is 1.77. The smallest absolute Gasteiger partial charge is 0.0504 e. The van der Waals surface area contributed by atoms with E-state index in [2.05, 4.69) is 35.7 Å². The van der Waals surface area contributed by atoms with Gasteiger partial charge in [0, 0.05) is 12.1 Å². The van der Waals surface area contributed by atoms with Crippen molar-refractivity contribution in [3.63, 3.8) is 0 Å². The van der Waals surface area contributed by atoms with Gasteiger partial charge in [0.1, 0.15) is 0 Å². The summed E-state index contributed by atoms with van der Waals surface area (Å²) in [5.74, 6) is 0. The molecule has 102 valence electrons. The lowest BCUT2D eigenvalue weighted by Crippen LogP contribution is -2.42. The van der Waals surface area contributed by atoms with Crippen LogP contribution in [0.25, 0.3) is 0 Å². The first-order valence-corrected chi connectivity index (χ1v) is 8.14. The zero-order valence-electron chi connectivity index (χ0n) is 11.6. The minimum atomic E-state index is 0.188. The zero-order valence-corrected chi connectivity index (χ0v) is 12.5. The Hall–Kier alpha value is -0.380. The normalized spacial score (nSPS) is 21.8. The second-order valence-electron chi connectivity index (χ2n) is 5.67. The predicted molar refractivity (Wildman–Crippen MR) is 80.0 cm³/mol. The van der Waals surface area contributed by atoms with Crippen LogP contribution in [0.1, 0.15) is 57.1 Å². The molecule has 1 saturated carbocycles. The van der Waals surface area contributed by atoms with Crippen LogP contribution in [0.5, 0.6) is 0 Å². The lowest BCUT2D eigenvalue weighted by atomic mass is 9.98. The van der Waals surface area contributed by atoms with Crippen LogP contribution in [0.4, 0.5) is 0 Å². The molecular formula is C15H26N2S. The van der Waals surface area contributed by atoms with Crippen LogP contribution in [-0.2, 0) is 0 Å². The molecule has 0 radical (unpaired) electrons. The molecule has 1 aromatic heterocycles. The second kappa shape index (κ2) is 6.69. The monoisotopic (exact) mass is 266 g/mol. The quantitative estimate of drug-likeness (QED) is 0.840. The summed E-state index contributed by atoms with van der Waals surface area (Å²) in [6.45, 7) is 2.13. The largest absolute Gasteiger partial charge is 0.326 e. The molecule has 0 aromatic carbocycles. The van der Waals surface area contributed by atoms with Gasteiger partial charge < -0.3 is 5.73 Å². The molecule has 0 spiro atoms. The average Bonchev–Trinajstić information content (AvgIpc) is 2.70. The van der Waals surface area contributed by atoms with Gasteiger partial charge in [0.25, 0.3) is 0 Å². The van der Waals surface area contributed by atoms with E-state index in [1.807, 2.05) is 0 Å². The minimum Gasteiger partial charge on any atom is -0.326 e. The number of nitrogens with zero attached hydrogens (tertiary/aromatic N) is 1. The van der Waals surface area contributed by atoms with Crippen molar-refractivity contribution in [3.05, 3.63) is 22.4 Å². The fourth-order valence-corrected chi connectivity index (χ4v) is 3.93. The number of rotatable bonds is 4. The Morgan fingerprint density at radius 2 is 1.94 bits per heavy atom. The van der Waals surface area contributed by atoms with Crippen molar-refractivity contribution in [2.45, 2.75) is 63.6 Å². The van der Waals surface area contributed by atoms with Crippen LogP contribution >= 0.6 is 11.3 Å². The van der Waals surface area contributed by atoms with Crippen LogP contribution in [0.2, 0.25) is 0 Å². The third kappa shape index (κ3) is 3.34. The first kappa shape index (κ1) is 14.0. The van der Waals surface area contributed by atoms with Gasteiger partial charge in [-0.15, -0.1) is 0 Å². The van der Waals surface area contributed by atoms with E-state index in [0.717, 1.165) is 0 Å². The van der Waals surface area contributed by atoms with Gasteiger partial charge in [-0.2, -0.15) is 11.3 Å². The molecule has 1 aliphatic carbocycles. The van der Waals surface area contributed by atoms with Crippen LogP contribution in [0.3, 0.4) is 0 Å². The summed E-state index contributed by atoms with van der Waals surface area (Å²) in [7, 11) is 2.27. The zero-order chi connectivity index (χ0) is 13.0. The molecule has 18 heavy (non-hydrogen) atoms. The molecule has 0 aliphatic heterocycles. The molecule has 2 N–H and O–H groups in total. The molecule has 1 heterocycles. The number of nitrogens with two attached hydrogens (primary N) is 1. The van der Waals surface area contributed by atoms with Crippen LogP contribution < -0.4 is 5.73 Å². The first-order valence-electron chi connectivity index (χ1n) is 7.19. The predicted octanol–water partition coefficient (Wildman–Crippen LogP) is 3.79. The fraction of sp³-hybridized carbons (Fsp3) is 0.733. The lowest BCUT2D eigenvalue weighted by molar-refractivity contribution is 0.141. The van der Waals surface area contributed by atoms with Crippen molar-refractivity contribution in [3.8, 4) is 0 Å². The van der Waals surface area contributed by atoms with Crippen LogP contribution in [0, 0.1) is 0 Å². The molecule has 3 heteroatoms.